The van der Waals surface area contributed by atoms with Crippen LogP contribution in [0.15, 0.2) is 65.7 Å². The standard InChI is InChI=1S/C22H22N4O4/c27-21(17-7-12-26(13-8-17)22(28)19-4-2-14-29-19)25-20-18(3-1-9-24-20)30-15-16-5-10-23-11-6-16/h1-6,9-11,14,17H,7-8,12-13,15H2,(H,24,25,27). The monoisotopic (exact) mass is 406 g/mol. The summed E-state index contributed by atoms with van der Waals surface area (Å²) in [6, 6.07) is 10.6. The Balaban J connectivity index is 1.33. The molecule has 0 radical (unpaired) electrons. The molecule has 0 saturated carbocycles. The van der Waals surface area contributed by atoms with Gasteiger partial charge in [0.15, 0.2) is 17.3 Å². The van der Waals surface area contributed by atoms with Gasteiger partial charge in [0.25, 0.3) is 5.91 Å². The summed E-state index contributed by atoms with van der Waals surface area (Å²) in [5, 5.41) is 2.88. The third kappa shape index (κ3) is 4.65. The molecule has 2 amide bonds. The highest BCUT2D eigenvalue weighted by atomic mass is 16.5. The van der Waals surface area contributed by atoms with Gasteiger partial charge in [-0.2, -0.15) is 0 Å². The van der Waals surface area contributed by atoms with E-state index in [0.29, 0.717) is 49.9 Å². The molecule has 0 aliphatic carbocycles. The number of amides is 2. The second kappa shape index (κ2) is 9.21. The molecule has 0 bridgehead atoms. The quantitative estimate of drug-likeness (QED) is 0.675. The number of carbonyl (C=O) groups excluding carboxylic acids is 2. The Morgan fingerprint density at radius 2 is 1.90 bits per heavy atom. The second-order valence-corrected chi connectivity index (χ2v) is 7.03. The van der Waals surface area contributed by atoms with Gasteiger partial charge in [0, 0.05) is 37.6 Å². The number of anilines is 1. The number of hydrogen-bond acceptors (Lipinski definition) is 6. The van der Waals surface area contributed by atoms with E-state index in [2.05, 4.69) is 15.3 Å². The van der Waals surface area contributed by atoms with Gasteiger partial charge in [-0.3, -0.25) is 14.6 Å². The fourth-order valence-electron chi connectivity index (χ4n) is 3.36. The molecule has 1 saturated heterocycles. The molecule has 3 aromatic heterocycles. The van der Waals surface area contributed by atoms with Gasteiger partial charge in [-0.15, -0.1) is 0 Å². The van der Waals surface area contributed by atoms with E-state index in [-0.39, 0.29) is 17.7 Å². The summed E-state index contributed by atoms with van der Waals surface area (Å²) in [4.78, 5) is 35.1. The second-order valence-electron chi connectivity index (χ2n) is 7.03. The SMILES string of the molecule is O=C(Nc1ncccc1OCc1ccncc1)C1CCN(C(=O)c2ccco2)CC1. The number of aromatic nitrogens is 2. The van der Waals surface area contributed by atoms with Crippen LogP contribution in [-0.2, 0) is 11.4 Å². The van der Waals surface area contributed by atoms with Crippen LogP contribution in [0.1, 0.15) is 29.0 Å². The molecule has 4 rings (SSSR count). The lowest BCUT2D eigenvalue weighted by molar-refractivity contribution is -0.121. The third-order valence-corrected chi connectivity index (χ3v) is 5.04. The number of rotatable bonds is 6. The van der Waals surface area contributed by atoms with Gasteiger partial charge in [-0.05, 0) is 54.8 Å². The minimum atomic E-state index is -0.194. The van der Waals surface area contributed by atoms with Gasteiger partial charge in [0.05, 0.1) is 6.26 Å². The minimum absolute atomic E-state index is 0.118. The van der Waals surface area contributed by atoms with Crippen LogP contribution in [0.25, 0.3) is 0 Å². The first-order valence-corrected chi connectivity index (χ1v) is 9.81. The van der Waals surface area contributed by atoms with Crippen LogP contribution < -0.4 is 10.1 Å². The maximum atomic E-state index is 12.8. The summed E-state index contributed by atoms with van der Waals surface area (Å²) in [5.74, 6) is 0.768. The predicted molar refractivity (Wildman–Crippen MR) is 109 cm³/mol. The van der Waals surface area contributed by atoms with Crippen molar-refractivity contribution in [2.45, 2.75) is 19.4 Å². The lowest BCUT2D eigenvalue weighted by atomic mass is 9.95. The molecule has 30 heavy (non-hydrogen) atoms. The van der Waals surface area contributed by atoms with Gasteiger partial charge in [-0.25, -0.2) is 4.98 Å². The topological polar surface area (TPSA) is 97.6 Å². The van der Waals surface area contributed by atoms with Crippen LogP contribution in [0.3, 0.4) is 0 Å². The molecule has 3 aromatic rings. The summed E-state index contributed by atoms with van der Waals surface area (Å²) >= 11 is 0. The summed E-state index contributed by atoms with van der Waals surface area (Å²) in [6.07, 6.45) is 7.66. The Bertz CT molecular complexity index is 983. The molecule has 4 heterocycles. The zero-order chi connectivity index (χ0) is 20.8. The first-order chi connectivity index (χ1) is 14.7. The molecular weight excluding hydrogens is 384 g/mol. The highest BCUT2D eigenvalue weighted by Crippen LogP contribution is 2.25. The van der Waals surface area contributed by atoms with Gasteiger partial charge >= 0.3 is 0 Å². The molecule has 8 heteroatoms. The van der Waals surface area contributed by atoms with Gasteiger partial charge in [-0.1, -0.05) is 0 Å². The van der Waals surface area contributed by atoms with E-state index in [1.54, 1.807) is 47.8 Å². The zero-order valence-corrected chi connectivity index (χ0v) is 16.4. The van der Waals surface area contributed by atoms with Gasteiger partial charge in [0.2, 0.25) is 5.91 Å². The summed E-state index contributed by atoms with van der Waals surface area (Å²) < 4.78 is 11.0. The Morgan fingerprint density at radius 1 is 1.10 bits per heavy atom. The molecule has 0 aromatic carbocycles. The Morgan fingerprint density at radius 3 is 2.63 bits per heavy atom. The first-order valence-electron chi connectivity index (χ1n) is 9.81. The molecule has 8 nitrogen and oxygen atoms in total. The van der Waals surface area contributed by atoms with Crippen LogP contribution in [0, 0.1) is 5.92 Å². The van der Waals surface area contributed by atoms with E-state index >= 15 is 0 Å². The smallest absolute Gasteiger partial charge is 0.289 e. The van der Waals surface area contributed by atoms with Crippen LogP contribution in [0.2, 0.25) is 0 Å². The van der Waals surface area contributed by atoms with E-state index in [1.165, 1.54) is 6.26 Å². The lowest BCUT2D eigenvalue weighted by Gasteiger charge is -2.30. The molecule has 1 N–H and O–H groups in total. The van der Waals surface area contributed by atoms with Crippen molar-refractivity contribution in [2.24, 2.45) is 5.92 Å². The number of ether oxygens (including phenoxy) is 1. The fourth-order valence-corrected chi connectivity index (χ4v) is 3.36. The minimum Gasteiger partial charge on any atom is -0.485 e. The number of likely N-dealkylation sites (tertiary alicyclic amines) is 1. The summed E-state index contributed by atoms with van der Waals surface area (Å²) in [6.45, 7) is 1.36. The van der Waals surface area contributed by atoms with E-state index in [1.807, 2.05) is 12.1 Å². The Hall–Kier alpha value is -3.68. The number of piperidine rings is 1. The lowest BCUT2D eigenvalue weighted by Crippen LogP contribution is -2.41. The van der Waals surface area contributed by atoms with E-state index in [0.717, 1.165) is 5.56 Å². The van der Waals surface area contributed by atoms with Crippen molar-refractivity contribution in [3.05, 3.63) is 72.6 Å². The van der Waals surface area contributed by atoms with Crippen molar-refractivity contribution in [3.8, 4) is 5.75 Å². The summed E-state index contributed by atoms with van der Waals surface area (Å²) in [5.41, 5.74) is 0.972. The van der Waals surface area contributed by atoms with Crippen molar-refractivity contribution in [1.29, 1.82) is 0 Å². The molecule has 154 valence electrons. The third-order valence-electron chi connectivity index (χ3n) is 5.04. The number of carbonyl (C=O) groups is 2. The Kier molecular flexibility index (Phi) is 6.03. The first kappa shape index (κ1) is 19.6. The highest BCUT2D eigenvalue weighted by molar-refractivity contribution is 5.94. The number of hydrogen-bond donors (Lipinski definition) is 1. The van der Waals surface area contributed by atoms with Crippen molar-refractivity contribution >= 4 is 17.6 Å². The molecule has 1 aliphatic heterocycles. The predicted octanol–water partition coefficient (Wildman–Crippen LogP) is 3.14. The van der Waals surface area contributed by atoms with Crippen molar-refractivity contribution in [2.75, 3.05) is 18.4 Å². The fraction of sp³-hybridized carbons (Fsp3) is 0.273. The normalized spacial score (nSPS) is 14.3. The highest BCUT2D eigenvalue weighted by Gasteiger charge is 2.29. The molecule has 0 spiro atoms. The molecule has 0 atom stereocenters. The van der Waals surface area contributed by atoms with Crippen molar-refractivity contribution < 1.29 is 18.7 Å². The van der Waals surface area contributed by atoms with Crippen LogP contribution in [-0.4, -0.2) is 39.8 Å². The largest absolute Gasteiger partial charge is 0.485 e. The Labute approximate surface area is 173 Å². The van der Waals surface area contributed by atoms with Crippen LogP contribution in [0.4, 0.5) is 5.82 Å². The average molecular weight is 406 g/mol. The van der Waals surface area contributed by atoms with Crippen molar-refractivity contribution in [3.63, 3.8) is 0 Å². The van der Waals surface area contributed by atoms with Crippen LogP contribution in [0.5, 0.6) is 5.75 Å². The maximum absolute atomic E-state index is 12.8. The van der Waals surface area contributed by atoms with Crippen molar-refractivity contribution in [1.82, 2.24) is 14.9 Å². The van der Waals surface area contributed by atoms with E-state index < -0.39 is 0 Å². The summed E-state index contributed by atoms with van der Waals surface area (Å²) in [7, 11) is 0. The molecule has 1 aliphatic rings. The van der Waals surface area contributed by atoms with E-state index in [9.17, 15) is 9.59 Å². The van der Waals surface area contributed by atoms with Crippen LogP contribution >= 0.6 is 0 Å². The van der Waals surface area contributed by atoms with Gasteiger partial charge < -0.3 is 19.4 Å². The number of pyridine rings is 2. The number of nitrogens with zero attached hydrogens (tertiary/aromatic N) is 3. The zero-order valence-electron chi connectivity index (χ0n) is 16.4. The number of nitrogens with one attached hydrogen (secondary N) is 1. The molecule has 1 fully saturated rings. The maximum Gasteiger partial charge on any atom is 0.289 e. The average Bonchev–Trinajstić information content (AvgIpc) is 3.34. The van der Waals surface area contributed by atoms with E-state index in [4.69, 9.17) is 9.15 Å². The van der Waals surface area contributed by atoms with Gasteiger partial charge in [0.1, 0.15) is 6.61 Å². The number of furan rings is 1. The molecular formula is C22H22N4O4. The molecule has 0 unspecified atom stereocenters.